The van der Waals surface area contributed by atoms with Crippen LogP contribution in [0.25, 0.3) is 0 Å². The highest BCUT2D eigenvalue weighted by Crippen LogP contribution is 2.24. The van der Waals surface area contributed by atoms with Crippen molar-refractivity contribution in [2.75, 3.05) is 26.7 Å². The first kappa shape index (κ1) is 18.8. The Morgan fingerprint density at radius 2 is 2.04 bits per heavy atom. The molecular weight excluding hydrogens is 324 g/mol. The Morgan fingerprint density at radius 1 is 1.42 bits per heavy atom. The van der Waals surface area contributed by atoms with E-state index in [4.69, 9.17) is 22.8 Å². The molecule has 2 atom stereocenters. The van der Waals surface area contributed by atoms with Gasteiger partial charge in [0.1, 0.15) is 6.10 Å². The van der Waals surface area contributed by atoms with Crippen LogP contribution in [0.4, 0.5) is 0 Å². The number of nitrogens with one attached hydrogen (secondary N) is 1. The number of terminal acetylenes is 1. The van der Waals surface area contributed by atoms with Gasteiger partial charge in [0.05, 0.1) is 12.6 Å². The molecule has 1 aromatic carbocycles. The molecule has 0 aliphatic carbocycles. The van der Waals surface area contributed by atoms with Gasteiger partial charge in [0.2, 0.25) is 5.91 Å². The van der Waals surface area contributed by atoms with E-state index in [2.05, 4.69) is 16.1 Å². The Labute approximate surface area is 149 Å². The lowest BCUT2D eigenvalue weighted by Crippen LogP contribution is -2.45. The summed E-state index contributed by atoms with van der Waals surface area (Å²) in [5.41, 5.74) is 0.999. The van der Waals surface area contributed by atoms with Crippen LogP contribution in [0.5, 0.6) is 0 Å². The van der Waals surface area contributed by atoms with Crippen LogP contribution in [0.2, 0.25) is 5.02 Å². The predicted molar refractivity (Wildman–Crippen MR) is 96.8 cm³/mol. The van der Waals surface area contributed by atoms with E-state index in [1.54, 1.807) is 7.11 Å². The number of hydrogen-bond donors (Lipinski definition) is 1. The molecule has 1 aliphatic rings. The fourth-order valence-electron chi connectivity index (χ4n) is 3.18. The van der Waals surface area contributed by atoms with E-state index in [-0.39, 0.29) is 24.0 Å². The summed E-state index contributed by atoms with van der Waals surface area (Å²) in [6.45, 7) is 4.38. The quantitative estimate of drug-likeness (QED) is 0.804. The standard InChI is InChI=1S/C19H25ClN2O2/c1-4-11-22-12-9-16(10-13-22)19(23)21-14(2)18(24-3)15-5-7-17(20)8-6-15/h1,5-8,14,16,18H,9-13H2,2-3H3,(H,21,23)/t14-,18-/m0/s1. The minimum Gasteiger partial charge on any atom is -0.375 e. The maximum Gasteiger partial charge on any atom is 0.223 e. The lowest BCUT2D eigenvalue weighted by atomic mass is 9.95. The van der Waals surface area contributed by atoms with Crippen LogP contribution in [0.3, 0.4) is 0 Å². The van der Waals surface area contributed by atoms with Crippen molar-refractivity contribution in [2.45, 2.75) is 31.9 Å². The Morgan fingerprint density at radius 3 is 2.58 bits per heavy atom. The van der Waals surface area contributed by atoms with Gasteiger partial charge in [-0.2, -0.15) is 0 Å². The van der Waals surface area contributed by atoms with E-state index in [9.17, 15) is 4.79 Å². The summed E-state index contributed by atoms with van der Waals surface area (Å²) in [6.07, 6.45) is 6.83. The zero-order valence-corrected chi connectivity index (χ0v) is 15.1. The summed E-state index contributed by atoms with van der Waals surface area (Å²) >= 11 is 5.93. The van der Waals surface area contributed by atoms with Crippen molar-refractivity contribution in [1.29, 1.82) is 0 Å². The molecule has 0 radical (unpaired) electrons. The van der Waals surface area contributed by atoms with Crippen molar-refractivity contribution in [3.63, 3.8) is 0 Å². The lowest BCUT2D eigenvalue weighted by molar-refractivity contribution is -0.128. The Kier molecular flexibility index (Phi) is 7.11. The maximum atomic E-state index is 12.5. The Bertz CT molecular complexity index is 574. The summed E-state index contributed by atoms with van der Waals surface area (Å²) < 4.78 is 5.59. The summed E-state index contributed by atoms with van der Waals surface area (Å²) in [5.74, 6) is 2.80. The SMILES string of the molecule is C#CCN1CCC(C(=O)N[C@@H](C)[C@H](OC)c2ccc(Cl)cc2)CC1. The van der Waals surface area contributed by atoms with E-state index in [0.717, 1.165) is 31.5 Å². The molecule has 5 heteroatoms. The number of ether oxygens (including phenoxy) is 1. The molecule has 24 heavy (non-hydrogen) atoms. The van der Waals surface area contributed by atoms with Crippen LogP contribution in [-0.4, -0.2) is 43.6 Å². The molecule has 1 fully saturated rings. The summed E-state index contributed by atoms with van der Waals surface area (Å²) in [6, 6.07) is 7.40. The van der Waals surface area contributed by atoms with Crippen LogP contribution in [-0.2, 0) is 9.53 Å². The third-order valence-corrected chi connectivity index (χ3v) is 4.80. The number of benzene rings is 1. The second kappa shape index (κ2) is 9.08. The van der Waals surface area contributed by atoms with Gasteiger partial charge in [0.25, 0.3) is 0 Å². The van der Waals surface area contributed by atoms with Gasteiger partial charge in [0.15, 0.2) is 0 Å². The number of amides is 1. The molecule has 1 aliphatic heterocycles. The number of likely N-dealkylation sites (tertiary alicyclic amines) is 1. The average molecular weight is 349 g/mol. The molecule has 1 heterocycles. The monoisotopic (exact) mass is 348 g/mol. The van der Waals surface area contributed by atoms with Crippen LogP contribution in [0.15, 0.2) is 24.3 Å². The lowest BCUT2D eigenvalue weighted by Gasteiger charge is -2.31. The highest BCUT2D eigenvalue weighted by atomic mass is 35.5. The van der Waals surface area contributed by atoms with E-state index >= 15 is 0 Å². The largest absolute Gasteiger partial charge is 0.375 e. The summed E-state index contributed by atoms with van der Waals surface area (Å²) in [5, 5.41) is 3.79. The van der Waals surface area contributed by atoms with Crippen molar-refractivity contribution in [1.82, 2.24) is 10.2 Å². The van der Waals surface area contributed by atoms with Crippen LogP contribution in [0.1, 0.15) is 31.4 Å². The van der Waals surface area contributed by atoms with Crippen LogP contribution in [0, 0.1) is 18.3 Å². The number of hydrogen-bond acceptors (Lipinski definition) is 3. The van der Waals surface area contributed by atoms with Gasteiger partial charge in [-0.3, -0.25) is 9.69 Å². The molecule has 4 nitrogen and oxygen atoms in total. The maximum absolute atomic E-state index is 12.5. The number of carbonyl (C=O) groups is 1. The molecule has 0 unspecified atom stereocenters. The number of methoxy groups -OCH3 is 1. The summed E-state index contributed by atoms with van der Waals surface area (Å²) in [7, 11) is 1.65. The van der Waals surface area contributed by atoms with Crippen molar-refractivity contribution >= 4 is 17.5 Å². The fraction of sp³-hybridized carbons (Fsp3) is 0.526. The van der Waals surface area contributed by atoms with Gasteiger partial charge < -0.3 is 10.1 Å². The first-order chi connectivity index (χ1) is 11.5. The minimum absolute atomic E-state index is 0.0456. The smallest absolute Gasteiger partial charge is 0.223 e. The van der Waals surface area contributed by atoms with Gasteiger partial charge in [-0.05, 0) is 50.6 Å². The zero-order chi connectivity index (χ0) is 17.5. The molecule has 2 rings (SSSR count). The molecule has 1 N–H and O–H groups in total. The number of halogens is 1. The fourth-order valence-corrected chi connectivity index (χ4v) is 3.31. The van der Waals surface area contributed by atoms with E-state index in [1.165, 1.54) is 0 Å². The number of carbonyl (C=O) groups excluding carboxylic acids is 1. The van der Waals surface area contributed by atoms with Gasteiger partial charge >= 0.3 is 0 Å². The zero-order valence-electron chi connectivity index (χ0n) is 14.3. The Balaban J connectivity index is 1.90. The average Bonchev–Trinajstić information content (AvgIpc) is 2.58. The summed E-state index contributed by atoms with van der Waals surface area (Å²) in [4.78, 5) is 14.7. The van der Waals surface area contributed by atoms with E-state index in [1.807, 2.05) is 31.2 Å². The number of rotatable bonds is 6. The highest BCUT2D eigenvalue weighted by Gasteiger charge is 2.27. The molecular formula is C19H25ClN2O2. The minimum atomic E-state index is -0.201. The number of nitrogens with zero attached hydrogens (tertiary/aromatic N) is 1. The van der Waals surface area contributed by atoms with Gasteiger partial charge in [0, 0.05) is 18.1 Å². The second-order valence-corrected chi connectivity index (χ2v) is 6.70. The first-order valence-electron chi connectivity index (χ1n) is 8.29. The number of piperidine rings is 1. The van der Waals surface area contributed by atoms with Crippen molar-refractivity contribution in [3.8, 4) is 12.3 Å². The predicted octanol–water partition coefficient (Wildman–Crippen LogP) is 2.88. The highest BCUT2D eigenvalue weighted by molar-refractivity contribution is 6.30. The van der Waals surface area contributed by atoms with Gasteiger partial charge in [-0.25, -0.2) is 0 Å². The van der Waals surface area contributed by atoms with Crippen LogP contribution < -0.4 is 5.32 Å². The molecule has 130 valence electrons. The van der Waals surface area contributed by atoms with Crippen molar-refractivity contribution in [3.05, 3.63) is 34.9 Å². The molecule has 0 spiro atoms. The topological polar surface area (TPSA) is 41.6 Å². The third-order valence-electron chi connectivity index (χ3n) is 4.55. The van der Waals surface area contributed by atoms with Gasteiger partial charge in [-0.15, -0.1) is 6.42 Å². The third kappa shape index (κ3) is 4.98. The van der Waals surface area contributed by atoms with E-state index in [0.29, 0.717) is 11.6 Å². The van der Waals surface area contributed by atoms with Crippen molar-refractivity contribution in [2.24, 2.45) is 5.92 Å². The van der Waals surface area contributed by atoms with E-state index < -0.39 is 0 Å². The molecule has 0 bridgehead atoms. The molecule has 1 saturated heterocycles. The Hall–Kier alpha value is -1.54. The normalized spacial score (nSPS) is 18.6. The molecule has 0 aromatic heterocycles. The first-order valence-corrected chi connectivity index (χ1v) is 8.67. The second-order valence-electron chi connectivity index (χ2n) is 6.26. The molecule has 1 aromatic rings. The van der Waals surface area contributed by atoms with Gasteiger partial charge in [-0.1, -0.05) is 29.7 Å². The van der Waals surface area contributed by atoms with Crippen LogP contribution >= 0.6 is 11.6 Å². The van der Waals surface area contributed by atoms with Crippen molar-refractivity contribution < 1.29 is 9.53 Å². The molecule has 0 saturated carbocycles. The molecule has 1 amide bonds.